The van der Waals surface area contributed by atoms with Crippen LogP contribution in [0.3, 0.4) is 0 Å². The molecule has 1 unspecified atom stereocenters. The number of aryl methyl sites for hydroxylation is 2. The summed E-state index contributed by atoms with van der Waals surface area (Å²) in [6, 6.07) is 0. The zero-order valence-electron chi connectivity index (χ0n) is 12.2. The van der Waals surface area contributed by atoms with Gasteiger partial charge in [-0.15, -0.1) is 0 Å². The Balaban J connectivity index is 2.31. The number of rotatable bonds is 3. The van der Waals surface area contributed by atoms with Gasteiger partial charge in [-0.05, 0) is 12.8 Å². The number of aromatic nitrogens is 4. The quantitative estimate of drug-likeness (QED) is 0.802. The van der Waals surface area contributed by atoms with E-state index in [1.165, 1.54) is 4.57 Å². The van der Waals surface area contributed by atoms with Crippen LogP contribution in [0.5, 0.6) is 0 Å². The fourth-order valence-corrected chi connectivity index (χ4v) is 2.86. The number of hydrogen-bond donors (Lipinski definition) is 1. The molecule has 0 amide bonds. The number of ether oxygens (including phenoxy) is 1. The van der Waals surface area contributed by atoms with Crippen molar-refractivity contribution in [2.45, 2.75) is 25.5 Å². The molecule has 2 aromatic rings. The SMILES string of the molecule is Cn1c(C2CCCO2)nc2c1c(=O)n(CCN)c(=O)n2C. The first-order chi connectivity index (χ1) is 10.1. The predicted octanol–water partition coefficient (Wildman–Crippen LogP) is -0.756. The highest BCUT2D eigenvalue weighted by Crippen LogP contribution is 2.28. The molecule has 8 nitrogen and oxygen atoms in total. The lowest BCUT2D eigenvalue weighted by Gasteiger charge is -2.09. The second-order valence-corrected chi connectivity index (χ2v) is 5.29. The molecule has 114 valence electrons. The van der Waals surface area contributed by atoms with Crippen molar-refractivity contribution in [1.29, 1.82) is 0 Å². The zero-order valence-corrected chi connectivity index (χ0v) is 12.2. The fourth-order valence-electron chi connectivity index (χ4n) is 2.86. The molecular formula is C13H19N5O3. The molecule has 0 spiro atoms. The van der Waals surface area contributed by atoms with E-state index in [9.17, 15) is 9.59 Å². The first-order valence-corrected chi connectivity index (χ1v) is 7.04. The number of fused-ring (bicyclic) bond motifs is 1. The van der Waals surface area contributed by atoms with Gasteiger partial charge in [0.15, 0.2) is 11.2 Å². The standard InChI is InChI=1S/C13H19N5O3/c1-16-9-11(15-10(16)8-4-3-7-21-8)17(2)13(20)18(6-5-14)12(9)19/h8H,3-7,14H2,1-2H3. The first kappa shape index (κ1) is 14.0. The van der Waals surface area contributed by atoms with Crippen molar-refractivity contribution in [3.8, 4) is 0 Å². The summed E-state index contributed by atoms with van der Waals surface area (Å²) < 4.78 is 9.92. The van der Waals surface area contributed by atoms with Crippen molar-refractivity contribution in [3.63, 3.8) is 0 Å². The smallest absolute Gasteiger partial charge is 0.332 e. The Bertz CT molecular complexity index is 795. The fraction of sp³-hybridized carbons (Fsp3) is 0.615. The molecule has 1 fully saturated rings. The van der Waals surface area contributed by atoms with E-state index in [-0.39, 0.29) is 24.8 Å². The van der Waals surface area contributed by atoms with E-state index in [1.807, 2.05) is 0 Å². The zero-order chi connectivity index (χ0) is 15.1. The van der Waals surface area contributed by atoms with Crippen LogP contribution in [-0.4, -0.2) is 31.8 Å². The lowest BCUT2D eigenvalue weighted by Crippen LogP contribution is -2.41. The topological polar surface area (TPSA) is 97.1 Å². The molecule has 1 aliphatic heterocycles. The summed E-state index contributed by atoms with van der Waals surface area (Å²) in [5.74, 6) is 0.695. The van der Waals surface area contributed by atoms with Crippen molar-refractivity contribution in [2.24, 2.45) is 19.8 Å². The first-order valence-electron chi connectivity index (χ1n) is 7.04. The van der Waals surface area contributed by atoms with Gasteiger partial charge < -0.3 is 15.0 Å². The van der Waals surface area contributed by atoms with Crippen LogP contribution in [0.4, 0.5) is 0 Å². The summed E-state index contributed by atoms with van der Waals surface area (Å²) in [4.78, 5) is 29.2. The normalized spacial score (nSPS) is 18.7. The molecule has 3 rings (SSSR count). The van der Waals surface area contributed by atoms with Crippen LogP contribution < -0.4 is 17.0 Å². The van der Waals surface area contributed by atoms with E-state index in [1.54, 1.807) is 18.7 Å². The van der Waals surface area contributed by atoms with Crippen molar-refractivity contribution >= 4 is 11.2 Å². The van der Waals surface area contributed by atoms with Gasteiger partial charge in [-0.25, -0.2) is 9.78 Å². The predicted molar refractivity (Wildman–Crippen MR) is 77.2 cm³/mol. The maximum absolute atomic E-state index is 12.5. The monoisotopic (exact) mass is 293 g/mol. The Morgan fingerprint density at radius 3 is 2.71 bits per heavy atom. The summed E-state index contributed by atoms with van der Waals surface area (Å²) in [7, 11) is 3.40. The van der Waals surface area contributed by atoms with Crippen molar-refractivity contribution in [1.82, 2.24) is 18.7 Å². The average Bonchev–Trinajstić information content (AvgIpc) is 3.09. The number of hydrogen-bond acceptors (Lipinski definition) is 5. The molecule has 21 heavy (non-hydrogen) atoms. The van der Waals surface area contributed by atoms with Crippen molar-refractivity contribution in [2.75, 3.05) is 13.2 Å². The highest BCUT2D eigenvalue weighted by atomic mass is 16.5. The van der Waals surface area contributed by atoms with E-state index in [2.05, 4.69) is 4.98 Å². The highest BCUT2D eigenvalue weighted by molar-refractivity contribution is 5.71. The van der Waals surface area contributed by atoms with Gasteiger partial charge in [0.25, 0.3) is 5.56 Å². The minimum Gasteiger partial charge on any atom is -0.370 e. The van der Waals surface area contributed by atoms with Gasteiger partial charge in [0, 0.05) is 33.8 Å². The molecule has 0 aliphatic carbocycles. The number of nitrogens with zero attached hydrogens (tertiary/aromatic N) is 4. The molecule has 1 saturated heterocycles. The minimum absolute atomic E-state index is 0.111. The Morgan fingerprint density at radius 2 is 2.10 bits per heavy atom. The lowest BCUT2D eigenvalue weighted by atomic mass is 10.2. The maximum Gasteiger partial charge on any atom is 0.332 e. The van der Waals surface area contributed by atoms with Gasteiger partial charge in [-0.1, -0.05) is 0 Å². The van der Waals surface area contributed by atoms with Crippen molar-refractivity contribution in [3.05, 3.63) is 26.7 Å². The number of imidazole rings is 1. The molecular weight excluding hydrogens is 274 g/mol. The molecule has 8 heteroatoms. The van der Waals surface area contributed by atoms with Gasteiger partial charge >= 0.3 is 5.69 Å². The Labute approximate surface area is 120 Å². The van der Waals surface area contributed by atoms with Crippen LogP contribution in [0.2, 0.25) is 0 Å². The molecule has 0 bridgehead atoms. The second-order valence-electron chi connectivity index (χ2n) is 5.29. The van der Waals surface area contributed by atoms with Gasteiger partial charge in [-0.3, -0.25) is 13.9 Å². The summed E-state index contributed by atoms with van der Waals surface area (Å²) in [6.07, 6.45) is 1.74. The van der Waals surface area contributed by atoms with E-state index in [0.29, 0.717) is 23.6 Å². The van der Waals surface area contributed by atoms with Crippen LogP contribution in [0.1, 0.15) is 24.8 Å². The van der Waals surface area contributed by atoms with Crippen molar-refractivity contribution < 1.29 is 4.74 Å². The van der Waals surface area contributed by atoms with Gasteiger partial charge in [-0.2, -0.15) is 0 Å². The van der Waals surface area contributed by atoms with Gasteiger partial charge in [0.1, 0.15) is 11.9 Å². The Kier molecular flexibility index (Phi) is 3.42. The third kappa shape index (κ3) is 2.02. The third-order valence-electron chi connectivity index (χ3n) is 3.96. The molecule has 0 aromatic carbocycles. The Hall–Kier alpha value is -1.93. The molecule has 0 saturated carbocycles. The van der Waals surface area contributed by atoms with E-state index < -0.39 is 5.69 Å². The third-order valence-corrected chi connectivity index (χ3v) is 3.96. The van der Waals surface area contributed by atoms with Crippen LogP contribution in [-0.2, 0) is 25.4 Å². The van der Waals surface area contributed by atoms with Crippen LogP contribution in [0, 0.1) is 0 Å². The summed E-state index contributed by atoms with van der Waals surface area (Å²) in [5.41, 5.74) is 5.55. The summed E-state index contributed by atoms with van der Waals surface area (Å²) in [5, 5.41) is 0. The van der Waals surface area contributed by atoms with Crippen LogP contribution in [0.25, 0.3) is 11.2 Å². The molecule has 1 aliphatic rings. The Morgan fingerprint density at radius 1 is 1.33 bits per heavy atom. The number of nitrogens with two attached hydrogens (primary N) is 1. The maximum atomic E-state index is 12.5. The van der Waals surface area contributed by atoms with Crippen LogP contribution >= 0.6 is 0 Å². The minimum atomic E-state index is -0.394. The second kappa shape index (κ2) is 5.12. The summed E-state index contributed by atoms with van der Waals surface area (Å²) in [6.45, 7) is 1.13. The molecule has 2 N–H and O–H groups in total. The average molecular weight is 293 g/mol. The molecule has 1 atom stereocenters. The largest absolute Gasteiger partial charge is 0.370 e. The van der Waals surface area contributed by atoms with E-state index >= 15 is 0 Å². The van der Waals surface area contributed by atoms with Gasteiger partial charge in [0.2, 0.25) is 0 Å². The molecule has 2 aromatic heterocycles. The van der Waals surface area contributed by atoms with E-state index in [0.717, 1.165) is 17.4 Å². The van der Waals surface area contributed by atoms with Gasteiger partial charge in [0.05, 0.1) is 0 Å². The van der Waals surface area contributed by atoms with E-state index in [4.69, 9.17) is 10.5 Å². The van der Waals surface area contributed by atoms with Crippen LogP contribution in [0.15, 0.2) is 9.59 Å². The highest BCUT2D eigenvalue weighted by Gasteiger charge is 2.26. The summed E-state index contributed by atoms with van der Waals surface area (Å²) >= 11 is 0. The molecule has 3 heterocycles. The lowest BCUT2D eigenvalue weighted by molar-refractivity contribution is 0.103. The molecule has 0 radical (unpaired) electrons.